The second-order valence-corrected chi connectivity index (χ2v) is 11.1. The number of carbonyl (C=O) groups excluding carboxylic acids is 4. The van der Waals surface area contributed by atoms with E-state index in [2.05, 4.69) is 10.3 Å². The molecule has 1 aliphatic heterocycles. The van der Waals surface area contributed by atoms with Gasteiger partial charge in [0, 0.05) is 20.1 Å². The van der Waals surface area contributed by atoms with E-state index in [0.717, 1.165) is 16.3 Å². The standard InChI is InChI=1S/C31H46N8O4/c1-38(25(28(33)41)15-5-7-18-36-31(34)35)30(43)24(14-4-6-17-32)37-29(42)26-16-9-19-39(26)27(40)20-22-12-8-11-21-10-2-3-13-23(21)22/h2-3,8,10-13,24-26H,4-7,9,14-20,32H2,1H3,(H2,33,41)(H,37,42)(H4,34,35,36)/t24-,25-,26-/m0/s1. The van der Waals surface area contributed by atoms with Crippen LogP contribution in [0.25, 0.3) is 10.8 Å². The van der Waals surface area contributed by atoms with Gasteiger partial charge >= 0.3 is 0 Å². The number of likely N-dealkylation sites (N-methyl/N-ethyl adjacent to an activating group) is 1. The Bertz CT molecular complexity index is 1290. The molecule has 3 atom stereocenters. The molecule has 0 radical (unpaired) electrons. The average molecular weight is 595 g/mol. The number of fused-ring (bicyclic) bond motifs is 1. The molecule has 0 spiro atoms. The van der Waals surface area contributed by atoms with Gasteiger partial charge in [0.05, 0.1) is 6.42 Å². The van der Waals surface area contributed by atoms with Crippen molar-refractivity contribution in [3.05, 3.63) is 48.0 Å². The minimum atomic E-state index is -0.886. The Hall–Kier alpha value is -4.19. The minimum absolute atomic E-state index is 0.00843. The zero-order chi connectivity index (χ0) is 31.4. The summed E-state index contributed by atoms with van der Waals surface area (Å²) in [5.74, 6) is -1.57. The van der Waals surface area contributed by atoms with Crippen molar-refractivity contribution < 1.29 is 19.2 Å². The molecule has 0 aliphatic carbocycles. The molecule has 0 unspecified atom stereocenters. The number of nitrogens with one attached hydrogen (secondary N) is 1. The lowest BCUT2D eigenvalue weighted by atomic mass is 10.0. The van der Waals surface area contributed by atoms with Crippen molar-refractivity contribution in [2.75, 3.05) is 26.7 Å². The van der Waals surface area contributed by atoms with Gasteiger partial charge in [-0.25, -0.2) is 0 Å². The third kappa shape index (κ3) is 9.40. The summed E-state index contributed by atoms with van der Waals surface area (Å²) >= 11 is 0. The lowest BCUT2D eigenvalue weighted by molar-refractivity contribution is -0.143. The summed E-state index contributed by atoms with van der Waals surface area (Å²) in [5.41, 5.74) is 23.0. The van der Waals surface area contributed by atoms with Crippen molar-refractivity contribution in [2.24, 2.45) is 27.9 Å². The number of unbranched alkanes of at least 4 members (excludes halogenated alkanes) is 2. The molecule has 4 amide bonds. The summed E-state index contributed by atoms with van der Waals surface area (Å²) in [7, 11) is 1.52. The first kappa shape index (κ1) is 33.3. The van der Waals surface area contributed by atoms with Crippen molar-refractivity contribution in [1.29, 1.82) is 0 Å². The monoisotopic (exact) mass is 594 g/mol. The van der Waals surface area contributed by atoms with Gasteiger partial charge in [-0.2, -0.15) is 0 Å². The third-order valence-corrected chi connectivity index (χ3v) is 7.98. The number of likely N-dealkylation sites (tertiary alicyclic amines) is 1. The van der Waals surface area contributed by atoms with Gasteiger partial charge in [-0.15, -0.1) is 0 Å². The maximum absolute atomic E-state index is 13.6. The van der Waals surface area contributed by atoms with Crippen LogP contribution in [0.2, 0.25) is 0 Å². The van der Waals surface area contributed by atoms with E-state index in [1.165, 1.54) is 11.9 Å². The Morgan fingerprint density at radius 3 is 2.44 bits per heavy atom. The maximum atomic E-state index is 13.6. The minimum Gasteiger partial charge on any atom is -0.370 e. The van der Waals surface area contributed by atoms with E-state index in [0.29, 0.717) is 71.0 Å². The molecule has 43 heavy (non-hydrogen) atoms. The van der Waals surface area contributed by atoms with E-state index < -0.39 is 29.9 Å². The highest BCUT2D eigenvalue weighted by molar-refractivity contribution is 5.95. The first-order chi connectivity index (χ1) is 20.6. The summed E-state index contributed by atoms with van der Waals surface area (Å²) in [6, 6.07) is 11.3. The number of hydrogen-bond acceptors (Lipinski definition) is 6. The van der Waals surface area contributed by atoms with E-state index in [-0.39, 0.29) is 24.2 Å². The predicted octanol–water partition coefficient (Wildman–Crippen LogP) is 0.743. The second-order valence-electron chi connectivity index (χ2n) is 11.1. The molecule has 9 N–H and O–H groups in total. The summed E-state index contributed by atoms with van der Waals surface area (Å²) < 4.78 is 0. The van der Waals surface area contributed by atoms with Gasteiger partial charge in [-0.1, -0.05) is 42.5 Å². The highest BCUT2D eigenvalue weighted by Crippen LogP contribution is 2.23. The van der Waals surface area contributed by atoms with Crippen molar-refractivity contribution in [3.8, 4) is 0 Å². The number of aliphatic imine (C=N–C) groups is 1. The van der Waals surface area contributed by atoms with E-state index >= 15 is 0 Å². The Kier molecular flexibility index (Phi) is 12.7. The number of amides is 4. The summed E-state index contributed by atoms with van der Waals surface area (Å²) in [4.78, 5) is 59.8. The van der Waals surface area contributed by atoms with Crippen molar-refractivity contribution >= 4 is 40.4 Å². The van der Waals surface area contributed by atoms with Crippen LogP contribution in [0.4, 0.5) is 0 Å². The van der Waals surface area contributed by atoms with Gasteiger partial charge in [-0.3, -0.25) is 24.2 Å². The molecule has 2 aromatic rings. The summed E-state index contributed by atoms with van der Waals surface area (Å²) in [6.07, 6.45) is 4.52. The van der Waals surface area contributed by atoms with Gasteiger partial charge in [0.2, 0.25) is 23.6 Å². The molecular formula is C31H46N8O4. The SMILES string of the molecule is CN(C(=O)[C@H](CCCCN)NC(=O)[C@@H]1CCCN1C(=O)Cc1cccc2ccccc12)[C@@H](CCCCN=C(N)N)C(N)=O. The molecule has 12 nitrogen and oxygen atoms in total. The quantitative estimate of drug-likeness (QED) is 0.107. The van der Waals surface area contributed by atoms with Gasteiger partial charge in [0.1, 0.15) is 18.1 Å². The Labute approximate surface area is 253 Å². The lowest BCUT2D eigenvalue weighted by Crippen LogP contribution is -2.56. The van der Waals surface area contributed by atoms with E-state index in [1.807, 2.05) is 42.5 Å². The van der Waals surface area contributed by atoms with Crippen LogP contribution in [-0.2, 0) is 25.6 Å². The molecule has 1 heterocycles. The number of hydrogen-bond donors (Lipinski definition) is 5. The van der Waals surface area contributed by atoms with Crippen LogP contribution in [0, 0.1) is 0 Å². The molecule has 0 saturated carbocycles. The fourth-order valence-electron chi connectivity index (χ4n) is 5.65. The molecule has 0 aromatic heterocycles. The number of nitrogens with two attached hydrogens (primary N) is 4. The lowest BCUT2D eigenvalue weighted by Gasteiger charge is -2.31. The van der Waals surface area contributed by atoms with E-state index in [9.17, 15) is 19.2 Å². The molecule has 1 aliphatic rings. The van der Waals surface area contributed by atoms with Crippen LogP contribution in [-0.4, -0.2) is 84.2 Å². The normalized spacial score (nSPS) is 16.0. The first-order valence-electron chi connectivity index (χ1n) is 15.0. The van der Waals surface area contributed by atoms with Crippen LogP contribution >= 0.6 is 0 Å². The van der Waals surface area contributed by atoms with Gasteiger partial charge < -0.3 is 38.1 Å². The van der Waals surface area contributed by atoms with Gasteiger partial charge in [0.15, 0.2) is 5.96 Å². The topological polar surface area (TPSA) is 203 Å². The van der Waals surface area contributed by atoms with Crippen LogP contribution < -0.4 is 28.3 Å². The first-order valence-corrected chi connectivity index (χ1v) is 15.0. The van der Waals surface area contributed by atoms with Gasteiger partial charge in [0.25, 0.3) is 0 Å². The number of carbonyl (C=O) groups is 4. The highest BCUT2D eigenvalue weighted by atomic mass is 16.2. The van der Waals surface area contributed by atoms with Crippen LogP contribution in [0.5, 0.6) is 0 Å². The molecule has 1 saturated heterocycles. The Morgan fingerprint density at radius 1 is 1.00 bits per heavy atom. The highest BCUT2D eigenvalue weighted by Gasteiger charge is 2.37. The second kappa shape index (κ2) is 16.4. The van der Waals surface area contributed by atoms with Crippen LogP contribution in [0.3, 0.4) is 0 Å². The smallest absolute Gasteiger partial charge is 0.245 e. The van der Waals surface area contributed by atoms with Crippen LogP contribution in [0.15, 0.2) is 47.5 Å². The Morgan fingerprint density at radius 2 is 1.72 bits per heavy atom. The summed E-state index contributed by atoms with van der Waals surface area (Å²) in [6.45, 7) is 1.32. The van der Waals surface area contributed by atoms with Crippen molar-refractivity contribution in [1.82, 2.24) is 15.1 Å². The number of nitrogens with zero attached hydrogens (tertiary/aromatic N) is 3. The largest absolute Gasteiger partial charge is 0.370 e. The Balaban J connectivity index is 1.69. The van der Waals surface area contributed by atoms with E-state index in [4.69, 9.17) is 22.9 Å². The molecule has 0 bridgehead atoms. The summed E-state index contributed by atoms with van der Waals surface area (Å²) in [5, 5.41) is 4.95. The zero-order valence-electron chi connectivity index (χ0n) is 25.0. The fraction of sp³-hybridized carbons (Fsp3) is 0.516. The number of benzene rings is 2. The number of guanidine groups is 1. The van der Waals surface area contributed by atoms with Crippen LogP contribution in [0.1, 0.15) is 56.9 Å². The molecular weight excluding hydrogens is 548 g/mol. The molecule has 3 rings (SSSR count). The molecule has 2 aromatic carbocycles. The van der Waals surface area contributed by atoms with E-state index in [1.54, 1.807) is 4.90 Å². The molecule has 234 valence electrons. The zero-order valence-corrected chi connectivity index (χ0v) is 25.0. The maximum Gasteiger partial charge on any atom is 0.245 e. The molecule has 1 fully saturated rings. The number of rotatable bonds is 16. The van der Waals surface area contributed by atoms with Gasteiger partial charge in [-0.05, 0) is 74.2 Å². The van der Waals surface area contributed by atoms with Crippen molar-refractivity contribution in [2.45, 2.75) is 75.9 Å². The predicted molar refractivity (Wildman–Crippen MR) is 168 cm³/mol. The third-order valence-electron chi connectivity index (χ3n) is 7.98. The fourth-order valence-corrected chi connectivity index (χ4v) is 5.65. The van der Waals surface area contributed by atoms with Crippen molar-refractivity contribution in [3.63, 3.8) is 0 Å². The molecule has 12 heteroatoms. The number of primary amides is 1. The average Bonchev–Trinajstić information content (AvgIpc) is 3.48.